The molecule has 138 valence electrons. The van der Waals surface area contributed by atoms with Crippen LogP contribution in [0.4, 0.5) is 16.0 Å². The van der Waals surface area contributed by atoms with Crippen LogP contribution in [0.3, 0.4) is 0 Å². The number of hydrogen-bond donors (Lipinski definition) is 1. The van der Waals surface area contributed by atoms with Gasteiger partial charge in [0.2, 0.25) is 5.95 Å². The third-order valence-electron chi connectivity index (χ3n) is 4.78. The zero-order valence-corrected chi connectivity index (χ0v) is 15.8. The Morgan fingerprint density at radius 2 is 1.96 bits per heavy atom. The molecule has 0 spiro atoms. The van der Waals surface area contributed by atoms with Crippen LogP contribution < -0.4 is 5.32 Å². The number of nitrogens with one attached hydrogen (secondary N) is 1. The SMILES string of the molecule is Cc1ccc(F)cc1Nc1nc(Cl)c2c(n1)CCN(Cc1ccccc1)C2. The van der Waals surface area contributed by atoms with Crippen molar-refractivity contribution in [3.63, 3.8) is 0 Å². The van der Waals surface area contributed by atoms with E-state index in [0.717, 1.165) is 42.9 Å². The van der Waals surface area contributed by atoms with Gasteiger partial charge in [-0.25, -0.2) is 14.4 Å². The van der Waals surface area contributed by atoms with Crippen LogP contribution in [0.2, 0.25) is 5.15 Å². The van der Waals surface area contributed by atoms with Crippen LogP contribution in [0.25, 0.3) is 0 Å². The van der Waals surface area contributed by atoms with Gasteiger partial charge >= 0.3 is 0 Å². The standard InChI is InChI=1S/C21H20ClFN4/c1-14-7-8-16(23)11-19(14)25-21-24-18-9-10-27(13-17(18)20(22)26-21)12-15-5-3-2-4-6-15/h2-8,11H,9-10,12-13H2,1H3,(H,24,25,26). The molecule has 1 N–H and O–H groups in total. The molecule has 0 saturated carbocycles. The van der Waals surface area contributed by atoms with Crippen molar-refractivity contribution in [3.8, 4) is 0 Å². The Balaban J connectivity index is 1.53. The third kappa shape index (κ3) is 4.10. The second-order valence-corrected chi connectivity index (χ2v) is 7.15. The van der Waals surface area contributed by atoms with Crippen LogP contribution in [0.1, 0.15) is 22.4 Å². The summed E-state index contributed by atoms with van der Waals surface area (Å²) >= 11 is 6.46. The van der Waals surface area contributed by atoms with E-state index in [9.17, 15) is 4.39 Å². The molecule has 0 amide bonds. The Hall–Kier alpha value is -2.50. The van der Waals surface area contributed by atoms with E-state index in [1.165, 1.54) is 17.7 Å². The third-order valence-corrected chi connectivity index (χ3v) is 5.10. The Morgan fingerprint density at radius 3 is 2.78 bits per heavy atom. The normalized spacial score (nSPS) is 14.0. The highest BCUT2D eigenvalue weighted by Gasteiger charge is 2.22. The van der Waals surface area contributed by atoms with E-state index < -0.39 is 0 Å². The molecule has 2 heterocycles. The van der Waals surface area contributed by atoms with E-state index in [1.54, 1.807) is 6.07 Å². The molecule has 4 nitrogen and oxygen atoms in total. The van der Waals surface area contributed by atoms with Gasteiger partial charge in [-0.1, -0.05) is 48.0 Å². The van der Waals surface area contributed by atoms with Crippen LogP contribution in [0, 0.1) is 12.7 Å². The van der Waals surface area contributed by atoms with Crippen molar-refractivity contribution in [1.29, 1.82) is 0 Å². The Bertz CT molecular complexity index is 962. The number of rotatable bonds is 4. The van der Waals surface area contributed by atoms with E-state index in [1.807, 2.05) is 13.0 Å². The van der Waals surface area contributed by atoms with Gasteiger partial charge in [0.25, 0.3) is 0 Å². The Kier molecular flexibility index (Phi) is 5.05. The zero-order chi connectivity index (χ0) is 18.8. The number of halogens is 2. The van der Waals surface area contributed by atoms with Gasteiger partial charge in [0.15, 0.2) is 0 Å². The van der Waals surface area contributed by atoms with Crippen LogP contribution in [0.15, 0.2) is 48.5 Å². The molecule has 0 fully saturated rings. The molecule has 0 saturated heterocycles. The van der Waals surface area contributed by atoms with Crippen molar-refractivity contribution in [2.45, 2.75) is 26.4 Å². The average Bonchev–Trinajstić information content (AvgIpc) is 2.66. The van der Waals surface area contributed by atoms with E-state index in [0.29, 0.717) is 16.8 Å². The van der Waals surface area contributed by atoms with E-state index >= 15 is 0 Å². The summed E-state index contributed by atoms with van der Waals surface area (Å²) in [6.07, 6.45) is 0.807. The molecular formula is C21H20ClFN4. The molecule has 0 aliphatic carbocycles. The first kappa shape index (κ1) is 17.9. The maximum Gasteiger partial charge on any atom is 0.228 e. The molecule has 0 radical (unpaired) electrons. The predicted molar refractivity (Wildman–Crippen MR) is 106 cm³/mol. The number of aromatic nitrogens is 2. The van der Waals surface area contributed by atoms with Gasteiger partial charge in [0.1, 0.15) is 11.0 Å². The highest BCUT2D eigenvalue weighted by molar-refractivity contribution is 6.30. The summed E-state index contributed by atoms with van der Waals surface area (Å²) in [5.74, 6) is 0.104. The first-order valence-electron chi connectivity index (χ1n) is 8.93. The number of hydrogen-bond acceptors (Lipinski definition) is 4. The molecule has 6 heteroatoms. The monoisotopic (exact) mass is 382 g/mol. The average molecular weight is 383 g/mol. The number of anilines is 2. The van der Waals surface area contributed by atoms with Crippen molar-refractivity contribution < 1.29 is 4.39 Å². The minimum absolute atomic E-state index is 0.302. The van der Waals surface area contributed by atoms with Gasteiger partial charge in [-0.2, -0.15) is 0 Å². The molecule has 0 unspecified atom stereocenters. The number of aryl methyl sites for hydroxylation is 1. The fourth-order valence-corrected chi connectivity index (χ4v) is 3.56. The number of benzene rings is 2. The topological polar surface area (TPSA) is 41.1 Å². The molecule has 1 aliphatic heterocycles. The first-order valence-corrected chi connectivity index (χ1v) is 9.31. The molecule has 1 aromatic heterocycles. The quantitative estimate of drug-likeness (QED) is 0.653. The van der Waals surface area contributed by atoms with Gasteiger partial charge in [0.05, 0.1) is 5.69 Å². The number of nitrogens with zero attached hydrogens (tertiary/aromatic N) is 3. The minimum Gasteiger partial charge on any atom is -0.324 e. The highest BCUT2D eigenvalue weighted by Crippen LogP contribution is 2.27. The minimum atomic E-state index is -0.302. The largest absolute Gasteiger partial charge is 0.324 e. The fraction of sp³-hybridized carbons (Fsp3) is 0.238. The maximum atomic E-state index is 13.5. The molecule has 0 atom stereocenters. The Morgan fingerprint density at radius 1 is 1.15 bits per heavy atom. The lowest BCUT2D eigenvalue weighted by Gasteiger charge is -2.28. The van der Waals surface area contributed by atoms with Crippen LogP contribution in [-0.4, -0.2) is 21.4 Å². The Labute approximate surface area is 163 Å². The highest BCUT2D eigenvalue weighted by atomic mass is 35.5. The summed E-state index contributed by atoms with van der Waals surface area (Å²) < 4.78 is 13.5. The maximum absolute atomic E-state index is 13.5. The van der Waals surface area contributed by atoms with Gasteiger partial charge in [-0.3, -0.25) is 4.90 Å². The summed E-state index contributed by atoms with van der Waals surface area (Å²) in [5, 5.41) is 3.55. The van der Waals surface area contributed by atoms with Crippen molar-refractivity contribution in [3.05, 3.63) is 81.9 Å². The lowest BCUT2D eigenvalue weighted by molar-refractivity contribution is 0.243. The zero-order valence-electron chi connectivity index (χ0n) is 15.0. The van der Waals surface area contributed by atoms with Crippen molar-refractivity contribution in [2.75, 3.05) is 11.9 Å². The fourth-order valence-electron chi connectivity index (χ4n) is 3.31. The van der Waals surface area contributed by atoms with Crippen molar-refractivity contribution in [1.82, 2.24) is 14.9 Å². The summed E-state index contributed by atoms with van der Waals surface area (Å²) in [6, 6.07) is 15.0. The molecule has 1 aliphatic rings. The predicted octanol–water partition coefficient (Wildman–Crippen LogP) is 4.88. The molecule has 2 aromatic carbocycles. The van der Waals surface area contributed by atoms with E-state index in [2.05, 4.69) is 44.5 Å². The lowest BCUT2D eigenvalue weighted by atomic mass is 10.1. The van der Waals surface area contributed by atoms with Gasteiger partial charge in [-0.05, 0) is 30.2 Å². The van der Waals surface area contributed by atoms with Crippen LogP contribution in [0.5, 0.6) is 0 Å². The molecule has 0 bridgehead atoms. The summed E-state index contributed by atoms with van der Waals surface area (Å²) in [5.41, 5.74) is 4.77. The summed E-state index contributed by atoms with van der Waals surface area (Å²) in [4.78, 5) is 11.4. The first-order chi connectivity index (χ1) is 13.1. The molecular weight excluding hydrogens is 363 g/mol. The van der Waals surface area contributed by atoms with Crippen LogP contribution >= 0.6 is 11.6 Å². The van der Waals surface area contributed by atoms with E-state index in [-0.39, 0.29) is 5.82 Å². The van der Waals surface area contributed by atoms with Crippen LogP contribution in [-0.2, 0) is 19.5 Å². The van der Waals surface area contributed by atoms with E-state index in [4.69, 9.17) is 11.6 Å². The van der Waals surface area contributed by atoms with Crippen molar-refractivity contribution in [2.24, 2.45) is 0 Å². The smallest absolute Gasteiger partial charge is 0.228 e. The number of fused-ring (bicyclic) bond motifs is 1. The van der Waals surface area contributed by atoms with Gasteiger partial charge < -0.3 is 5.32 Å². The second-order valence-electron chi connectivity index (χ2n) is 6.79. The molecule has 27 heavy (non-hydrogen) atoms. The lowest BCUT2D eigenvalue weighted by Crippen LogP contribution is -2.31. The molecule has 3 aromatic rings. The molecule has 4 rings (SSSR count). The summed E-state index contributed by atoms with van der Waals surface area (Å²) in [6.45, 7) is 4.42. The summed E-state index contributed by atoms with van der Waals surface area (Å²) in [7, 11) is 0. The van der Waals surface area contributed by atoms with Crippen molar-refractivity contribution >= 4 is 23.2 Å². The van der Waals surface area contributed by atoms with Gasteiger partial charge in [0, 0.05) is 37.3 Å². The second kappa shape index (κ2) is 7.62. The van der Waals surface area contributed by atoms with Gasteiger partial charge in [-0.15, -0.1) is 0 Å².